The molecule has 0 radical (unpaired) electrons. The second-order valence-corrected chi connectivity index (χ2v) is 2.99. The third kappa shape index (κ3) is 1.70. The maximum atomic E-state index is 8.71. The quantitative estimate of drug-likeness (QED) is 0.629. The molecule has 0 spiro atoms. The fourth-order valence-electron chi connectivity index (χ4n) is 1.38. The molecule has 0 unspecified atom stereocenters. The molecule has 0 aromatic heterocycles. The number of nitrogens with zero attached hydrogens (tertiary/aromatic N) is 2. The molecule has 1 fully saturated rings. The summed E-state index contributed by atoms with van der Waals surface area (Å²) in [6.07, 6.45) is 0.937. The van der Waals surface area contributed by atoms with Crippen molar-refractivity contribution in [3.8, 4) is 6.07 Å². The summed E-state index contributed by atoms with van der Waals surface area (Å²) in [6, 6.07) is 3.04. The first kappa shape index (κ1) is 8.51. The first-order valence-corrected chi connectivity index (χ1v) is 4.12. The predicted molar refractivity (Wildman–Crippen MR) is 44.1 cm³/mol. The van der Waals surface area contributed by atoms with Gasteiger partial charge < -0.3 is 5.32 Å². The molecule has 11 heavy (non-hydrogen) atoms. The normalized spacial score (nSPS) is 22.3. The zero-order valence-electron chi connectivity index (χ0n) is 7.17. The lowest BCUT2D eigenvalue weighted by molar-refractivity contribution is 0.102. The monoisotopic (exact) mass is 153 g/mol. The number of likely N-dealkylation sites (N-methyl/N-ethyl adjacent to an activating group) is 1. The maximum Gasteiger partial charge on any atom is 0.0976 e. The van der Waals surface area contributed by atoms with Gasteiger partial charge in [0.05, 0.1) is 12.1 Å². The fraction of sp³-hybridized carbons (Fsp3) is 0.875. The number of rotatable bonds is 3. The summed E-state index contributed by atoms with van der Waals surface area (Å²) in [6.45, 7) is 4.12. The lowest BCUT2D eigenvalue weighted by Gasteiger charge is -2.41. The van der Waals surface area contributed by atoms with Crippen LogP contribution in [0.3, 0.4) is 0 Å². The number of likely N-dealkylation sites (tertiary alicyclic amines) is 1. The minimum atomic E-state index is 0.139. The smallest absolute Gasteiger partial charge is 0.0976 e. The van der Waals surface area contributed by atoms with Crippen LogP contribution in [0.5, 0.6) is 0 Å². The standard InChI is InChI=1S/C8H15N3/c1-3-8(4-9)11-5-7(6-11)10-2/h7-8,10H,3,5-6H2,1-2H3/t8-/m0/s1. The van der Waals surface area contributed by atoms with E-state index in [0.29, 0.717) is 6.04 Å². The van der Waals surface area contributed by atoms with Crippen molar-refractivity contribution in [2.24, 2.45) is 0 Å². The minimum Gasteiger partial charge on any atom is -0.315 e. The van der Waals surface area contributed by atoms with E-state index in [9.17, 15) is 0 Å². The molecular weight excluding hydrogens is 138 g/mol. The van der Waals surface area contributed by atoms with Crippen LogP contribution >= 0.6 is 0 Å². The largest absolute Gasteiger partial charge is 0.315 e. The van der Waals surface area contributed by atoms with E-state index in [1.165, 1.54) is 0 Å². The van der Waals surface area contributed by atoms with Crippen LogP contribution in [-0.4, -0.2) is 37.1 Å². The van der Waals surface area contributed by atoms with E-state index in [0.717, 1.165) is 19.5 Å². The number of hydrogen-bond acceptors (Lipinski definition) is 3. The van der Waals surface area contributed by atoms with Gasteiger partial charge >= 0.3 is 0 Å². The van der Waals surface area contributed by atoms with Crippen LogP contribution in [0.4, 0.5) is 0 Å². The van der Waals surface area contributed by atoms with Crippen molar-refractivity contribution in [2.75, 3.05) is 20.1 Å². The zero-order valence-corrected chi connectivity index (χ0v) is 7.17. The lowest BCUT2D eigenvalue weighted by Crippen LogP contribution is -2.59. The Morgan fingerprint density at radius 3 is 2.73 bits per heavy atom. The molecule has 1 N–H and O–H groups in total. The molecule has 0 aromatic carbocycles. The van der Waals surface area contributed by atoms with Crippen molar-refractivity contribution >= 4 is 0 Å². The van der Waals surface area contributed by atoms with Gasteiger partial charge in [0, 0.05) is 19.1 Å². The molecule has 62 valence electrons. The Kier molecular flexibility index (Phi) is 2.86. The van der Waals surface area contributed by atoms with Gasteiger partial charge in [0.1, 0.15) is 0 Å². The van der Waals surface area contributed by atoms with Gasteiger partial charge in [-0.05, 0) is 13.5 Å². The van der Waals surface area contributed by atoms with Crippen LogP contribution in [0.1, 0.15) is 13.3 Å². The van der Waals surface area contributed by atoms with E-state index < -0.39 is 0 Å². The molecule has 1 atom stereocenters. The summed E-state index contributed by atoms with van der Waals surface area (Å²) in [4.78, 5) is 2.21. The SMILES string of the molecule is CC[C@@H](C#N)N1CC(NC)C1. The lowest BCUT2D eigenvalue weighted by atomic mass is 10.0. The van der Waals surface area contributed by atoms with Crippen LogP contribution in [0.2, 0.25) is 0 Å². The van der Waals surface area contributed by atoms with Gasteiger partial charge in [0.25, 0.3) is 0 Å². The summed E-state index contributed by atoms with van der Waals surface area (Å²) < 4.78 is 0. The van der Waals surface area contributed by atoms with Gasteiger partial charge in [-0.15, -0.1) is 0 Å². The Morgan fingerprint density at radius 1 is 1.73 bits per heavy atom. The zero-order chi connectivity index (χ0) is 8.27. The van der Waals surface area contributed by atoms with E-state index in [1.54, 1.807) is 0 Å². The van der Waals surface area contributed by atoms with Crippen LogP contribution in [0, 0.1) is 11.3 Å². The highest BCUT2D eigenvalue weighted by molar-refractivity contribution is 4.98. The van der Waals surface area contributed by atoms with Crippen molar-refractivity contribution in [1.82, 2.24) is 10.2 Å². The summed E-state index contributed by atoms with van der Waals surface area (Å²) in [5.41, 5.74) is 0. The van der Waals surface area contributed by atoms with Crippen molar-refractivity contribution in [3.63, 3.8) is 0 Å². The van der Waals surface area contributed by atoms with E-state index in [4.69, 9.17) is 5.26 Å². The van der Waals surface area contributed by atoms with Gasteiger partial charge in [-0.2, -0.15) is 5.26 Å². The van der Waals surface area contributed by atoms with Gasteiger partial charge in [0.15, 0.2) is 0 Å². The second-order valence-electron chi connectivity index (χ2n) is 2.99. The third-order valence-corrected chi connectivity index (χ3v) is 2.29. The number of nitrogens with one attached hydrogen (secondary N) is 1. The minimum absolute atomic E-state index is 0.139. The van der Waals surface area contributed by atoms with E-state index in [2.05, 4.69) is 23.2 Å². The molecular formula is C8H15N3. The highest BCUT2D eigenvalue weighted by atomic mass is 15.3. The second kappa shape index (κ2) is 3.70. The van der Waals surface area contributed by atoms with Crippen molar-refractivity contribution < 1.29 is 0 Å². The predicted octanol–water partition coefficient (Wildman–Crippen LogP) is 0.192. The molecule has 0 aliphatic carbocycles. The Bertz CT molecular complexity index is 155. The molecule has 3 heteroatoms. The van der Waals surface area contributed by atoms with Gasteiger partial charge in [-0.3, -0.25) is 4.90 Å². The molecule has 1 aliphatic heterocycles. The van der Waals surface area contributed by atoms with Crippen LogP contribution in [0.25, 0.3) is 0 Å². The van der Waals surface area contributed by atoms with Gasteiger partial charge in [-0.1, -0.05) is 6.92 Å². The highest BCUT2D eigenvalue weighted by Gasteiger charge is 2.29. The van der Waals surface area contributed by atoms with E-state index in [1.807, 2.05) is 7.05 Å². The fourth-order valence-corrected chi connectivity index (χ4v) is 1.38. The van der Waals surface area contributed by atoms with Crippen molar-refractivity contribution in [2.45, 2.75) is 25.4 Å². The Morgan fingerprint density at radius 2 is 2.36 bits per heavy atom. The molecule has 3 nitrogen and oxygen atoms in total. The van der Waals surface area contributed by atoms with Crippen LogP contribution in [-0.2, 0) is 0 Å². The molecule has 0 aromatic rings. The Labute approximate surface area is 68.0 Å². The van der Waals surface area contributed by atoms with Crippen LogP contribution < -0.4 is 5.32 Å². The average Bonchev–Trinajstić information content (AvgIpc) is 1.95. The van der Waals surface area contributed by atoms with Gasteiger partial charge in [-0.25, -0.2) is 0 Å². The molecule has 1 aliphatic rings. The first-order chi connectivity index (χ1) is 5.31. The van der Waals surface area contributed by atoms with Crippen LogP contribution in [0.15, 0.2) is 0 Å². The summed E-state index contributed by atoms with van der Waals surface area (Å²) in [5, 5.41) is 11.9. The Hall–Kier alpha value is -0.590. The summed E-state index contributed by atoms with van der Waals surface area (Å²) in [7, 11) is 1.97. The molecule has 0 bridgehead atoms. The van der Waals surface area contributed by atoms with Crippen molar-refractivity contribution in [3.05, 3.63) is 0 Å². The average molecular weight is 153 g/mol. The molecule has 1 rings (SSSR count). The number of hydrogen-bond donors (Lipinski definition) is 1. The first-order valence-electron chi connectivity index (χ1n) is 4.12. The maximum absolute atomic E-state index is 8.71. The molecule has 0 saturated carbocycles. The van der Waals surface area contributed by atoms with Gasteiger partial charge in [0.2, 0.25) is 0 Å². The third-order valence-electron chi connectivity index (χ3n) is 2.29. The molecule has 1 heterocycles. The molecule has 1 saturated heterocycles. The number of nitriles is 1. The van der Waals surface area contributed by atoms with E-state index >= 15 is 0 Å². The highest BCUT2D eigenvalue weighted by Crippen LogP contribution is 2.13. The Balaban J connectivity index is 2.26. The van der Waals surface area contributed by atoms with E-state index in [-0.39, 0.29) is 6.04 Å². The van der Waals surface area contributed by atoms with Crippen molar-refractivity contribution in [1.29, 1.82) is 5.26 Å². The molecule has 0 amide bonds. The summed E-state index contributed by atoms with van der Waals surface area (Å²) >= 11 is 0. The summed E-state index contributed by atoms with van der Waals surface area (Å²) in [5.74, 6) is 0. The topological polar surface area (TPSA) is 39.1 Å².